The Morgan fingerprint density at radius 1 is 1.46 bits per heavy atom. The number of nitrogens with zero attached hydrogens (tertiary/aromatic N) is 4. The van der Waals surface area contributed by atoms with Gasteiger partial charge in [-0.2, -0.15) is 4.98 Å². The van der Waals surface area contributed by atoms with E-state index >= 15 is 0 Å². The zero-order valence-electron chi connectivity index (χ0n) is 13.7. The maximum atomic E-state index is 13.8. The molecule has 0 spiro atoms. The Labute approximate surface area is 153 Å². The third-order valence-corrected chi connectivity index (χ3v) is 4.61. The molecule has 9 heteroatoms. The number of amides is 1. The van der Waals surface area contributed by atoms with Crippen LogP contribution in [0.4, 0.5) is 4.39 Å². The maximum absolute atomic E-state index is 13.8. The average molecular weight is 376 g/mol. The average Bonchev–Trinajstić information content (AvgIpc) is 3.31. The van der Waals surface area contributed by atoms with Crippen LogP contribution in [0.2, 0.25) is 5.02 Å². The van der Waals surface area contributed by atoms with Crippen molar-refractivity contribution in [2.45, 2.75) is 18.8 Å². The zero-order chi connectivity index (χ0) is 18.1. The molecule has 1 aliphatic heterocycles. The van der Waals surface area contributed by atoms with Crippen LogP contribution >= 0.6 is 11.6 Å². The topological polar surface area (TPSA) is 87.9 Å². The molecule has 1 atom stereocenters. The lowest BCUT2D eigenvalue weighted by Gasteiger charge is -2.31. The summed E-state index contributed by atoms with van der Waals surface area (Å²) in [7, 11) is 0. The van der Waals surface area contributed by atoms with Crippen LogP contribution in [0, 0.1) is 5.82 Å². The number of hydrogen-bond donors (Lipinski definition) is 1. The van der Waals surface area contributed by atoms with Gasteiger partial charge >= 0.3 is 0 Å². The van der Waals surface area contributed by atoms with Crippen molar-refractivity contribution in [1.29, 1.82) is 0 Å². The molecule has 134 valence electrons. The highest BCUT2D eigenvalue weighted by atomic mass is 35.5. The second-order valence-electron chi connectivity index (χ2n) is 6.13. The van der Waals surface area contributed by atoms with Gasteiger partial charge in [0.25, 0.3) is 5.91 Å². The number of nitrogens with one attached hydrogen (secondary N) is 1. The van der Waals surface area contributed by atoms with Gasteiger partial charge in [-0.3, -0.25) is 9.78 Å². The minimum absolute atomic E-state index is 0.0212. The summed E-state index contributed by atoms with van der Waals surface area (Å²) in [4.78, 5) is 25.3. The number of aromatic nitrogens is 4. The van der Waals surface area contributed by atoms with E-state index in [9.17, 15) is 9.18 Å². The summed E-state index contributed by atoms with van der Waals surface area (Å²) in [5, 5.41) is 4.53. The van der Waals surface area contributed by atoms with Gasteiger partial charge in [0, 0.05) is 25.5 Å². The summed E-state index contributed by atoms with van der Waals surface area (Å²) in [5.41, 5.74) is 0.681. The van der Waals surface area contributed by atoms with E-state index in [-0.39, 0.29) is 17.4 Å². The molecule has 3 aromatic heterocycles. The van der Waals surface area contributed by atoms with Crippen molar-refractivity contribution in [3.8, 4) is 11.5 Å². The van der Waals surface area contributed by atoms with E-state index in [1.165, 1.54) is 12.3 Å². The van der Waals surface area contributed by atoms with E-state index in [0.717, 1.165) is 19.0 Å². The number of rotatable bonds is 3. The Balaban J connectivity index is 1.51. The van der Waals surface area contributed by atoms with Crippen molar-refractivity contribution in [1.82, 2.24) is 25.0 Å². The van der Waals surface area contributed by atoms with Crippen LogP contribution in [-0.4, -0.2) is 44.0 Å². The number of carbonyl (C=O) groups is 1. The highest BCUT2D eigenvalue weighted by Gasteiger charge is 2.30. The van der Waals surface area contributed by atoms with Crippen LogP contribution in [0.25, 0.3) is 11.5 Å². The van der Waals surface area contributed by atoms with Gasteiger partial charge in [0.2, 0.25) is 11.7 Å². The first-order valence-electron chi connectivity index (χ1n) is 8.18. The molecule has 0 bridgehead atoms. The van der Waals surface area contributed by atoms with Crippen molar-refractivity contribution < 1.29 is 13.7 Å². The molecule has 0 radical (unpaired) electrons. The minimum atomic E-state index is -0.622. The van der Waals surface area contributed by atoms with E-state index in [1.54, 1.807) is 17.2 Å². The van der Waals surface area contributed by atoms with Gasteiger partial charge in [-0.05, 0) is 25.0 Å². The molecule has 0 unspecified atom stereocenters. The van der Waals surface area contributed by atoms with Crippen molar-refractivity contribution in [3.05, 3.63) is 53.0 Å². The fourth-order valence-corrected chi connectivity index (χ4v) is 3.25. The summed E-state index contributed by atoms with van der Waals surface area (Å²) in [6, 6.07) is 3.10. The van der Waals surface area contributed by atoms with Gasteiger partial charge in [-0.15, -0.1) is 0 Å². The first-order valence-corrected chi connectivity index (χ1v) is 8.56. The van der Waals surface area contributed by atoms with E-state index < -0.39 is 5.82 Å². The largest absolute Gasteiger partial charge is 0.357 e. The smallest absolute Gasteiger partial charge is 0.256 e. The number of pyridine rings is 1. The number of aromatic amines is 1. The van der Waals surface area contributed by atoms with Crippen LogP contribution in [-0.2, 0) is 0 Å². The molecular formula is C17H15ClFN5O2. The molecule has 0 aromatic carbocycles. The number of piperidine rings is 1. The van der Waals surface area contributed by atoms with Crippen molar-refractivity contribution in [2.24, 2.45) is 0 Å². The standard InChI is InChI=1S/C17H15ClFN5O2/c18-11-6-14(21-7-11)15-22-16(26-23-15)10-2-1-5-24(9-10)17(25)12-3-4-20-8-13(12)19/h3-4,6-8,10,21H,1-2,5,9H2/t10-/m0/s1. The monoisotopic (exact) mass is 375 g/mol. The fraction of sp³-hybridized carbons (Fsp3) is 0.294. The molecule has 3 aromatic rings. The van der Waals surface area contributed by atoms with E-state index in [4.69, 9.17) is 16.1 Å². The predicted octanol–water partition coefficient (Wildman–Crippen LogP) is 3.27. The van der Waals surface area contributed by atoms with Gasteiger partial charge in [0.05, 0.1) is 28.4 Å². The minimum Gasteiger partial charge on any atom is -0.357 e. The predicted molar refractivity (Wildman–Crippen MR) is 91.2 cm³/mol. The van der Waals surface area contributed by atoms with E-state index in [0.29, 0.717) is 35.5 Å². The Morgan fingerprint density at radius 2 is 2.35 bits per heavy atom. The Kier molecular flexibility index (Phi) is 4.42. The maximum Gasteiger partial charge on any atom is 0.256 e. The third kappa shape index (κ3) is 3.20. The summed E-state index contributed by atoms with van der Waals surface area (Å²) < 4.78 is 19.2. The lowest BCUT2D eigenvalue weighted by atomic mass is 9.97. The first-order chi connectivity index (χ1) is 12.6. The molecular weight excluding hydrogens is 361 g/mol. The van der Waals surface area contributed by atoms with E-state index in [1.807, 2.05) is 0 Å². The summed E-state index contributed by atoms with van der Waals surface area (Å²) in [5.74, 6) is -0.202. The van der Waals surface area contributed by atoms with Crippen LogP contribution in [0.3, 0.4) is 0 Å². The molecule has 1 N–H and O–H groups in total. The molecule has 7 nitrogen and oxygen atoms in total. The highest BCUT2D eigenvalue weighted by Crippen LogP contribution is 2.28. The van der Waals surface area contributed by atoms with Crippen LogP contribution < -0.4 is 0 Å². The van der Waals surface area contributed by atoms with Crippen LogP contribution in [0.15, 0.2) is 35.2 Å². The summed E-state index contributed by atoms with van der Waals surface area (Å²) in [6.45, 7) is 0.956. The molecule has 1 saturated heterocycles. The zero-order valence-corrected chi connectivity index (χ0v) is 14.4. The Bertz CT molecular complexity index is 941. The number of halogens is 2. The lowest BCUT2D eigenvalue weighted by Crippen LogP contribution is -2.39. The number of carbonyl (C=O) groups excluding carboxylic acids is 1. The molecule has 1 fully saturated rings. The second-order valence-corrected chi connectivity index (χ2v) is 6.57. The van der Waals surface area contributed by atoms with E-state index in [2.05, 4.69) is 20.1 Å². The quantitative estimate of drug-likeness (QED) is 0.759. The lowest BCUT2D eigenvalue weighted by molar-refractivity contribution is 0.0690. The van der Waals surface area contributed by atoms with Gasteiger partial charge in [0.1, 0.15) is 0 Å². The van der Waals surface area contributed by atoms with Crippen LogP contribution in [0.5, 0.6) is 0 Å². The SMILES string of the molecule is O=C(c1ccncc1F)N1CCC[C@H](c2nc(-c3cc(Cl)c[nH]3)no2)C1. The molecule has 4 rings (SSSR count). The van der Waals surface area contributed by atoms with Gasteiger partial charge in [-0.25, -0.2) is 4.39 Å². The second kappa shape index (κ2) is 6.87. The normalized spacial score (nSPS) is 17.5. The van der Waals surface area contributed by atoms with Gasteiger partial charge in [0.15, 0.2) is 5.82 Å². The fourth-order valence-electron chi connectivity index (χ4n) is 3.09. The molecule has 0 aliphatic carbocycles. The van der Waals surface area contributed by atoms with Crippen molar-refractivity contribution >= 4 is 17.5 Å². The Hall–Kier alpha value is -2.74. The number of likely N-dealkylation sites (tertiary alicyclic amines) is 1. The third-order valence-electron chi connectivity index (χ3n) is 4.39. The molecule has 0 saturated carbocycles. The van der Waals surface area contributed by atoms with Gasteiger partial charge < -0.3 is 14.4 Å². The summed E-state index contributed by atoms with van der Waals surface area (Å²) >= 11 is 5.89. The van der Waals surface area contributed by atoms with Crippen LogP contribution in [0.1, 0.15) is 35.0 Å². The molecule has 1 aliphatic rings. The first kappa shape index (κ1) is 16.7. The number of hydrogen-bond acceptors (Lipinski definition) is 5. The summed E-state index contributed by atoms with van der Waals surface area (Å²) in [6.07, 6.45) is 5.67. The number of H-pyrrole nitrogens is 1. The molecule has 26 heavy (non-hydrogen) atoms. The van der Waals surface area contributed by atoms with Crippen molar-refractivity contribution in [3.63, 3.8) is 0 Å². The van der Waals surface area contributed by atoms with Gasteiger partial charge in [-0.1, -0.05) is 16.8 Å². The Morgan fingerprint density at radius 3 is 3.12 bits per heavy atom. The molecule has 4 heterocycles. The highest BCUT2D eigenvalue weighted by molar-refractivity contribution is 6.30. The molecule has 1 amide bonds. The van der Waals surface area contributed by atoms with Crippen molar-refractivity contribution in [2.75, 3.05) is 13.1 Å².